The van der Waals surface area contributed by atoms with Gasteiger partial charge in [-0.2, -0.15) is 0 Å². The Morgan fingerprint density at radius 2 is 1.69 bits per heavy atom. The largest absolute Gasteiger partial charge is 0.323 e. The van der Waals surface area contributed by atoms with Gasteiger partial charge in [-0.1, -0.05) is 40.9 Å². The molecule has 0 aliphatic carbocycles. The van der Waals surface area contributed by atoms with E-state index in [-0.39, 0.29) is 28.3 Å². The lowest BCUT2D eigenvalue weighted by Gasteiger charge is -2.20. The van der Waals surface area contributed by atoms with E-state index in [4.69, 9.17) is 34.8 Å². The van der Waals surface area contributed by atoms with Crippen molar-refractivity contribution in [2.24, 2.45) is 0 Å². The monoisotopic (exact) mass is 415 g/mol. The number of hydrogen-bond acceptors (Lipinski definition) is 4. The van der Waals surface area contributed by atoms with Gasteiger partial charge >= 0.3 is 0 Å². The van der Waals surface area contributed by atoms with Crippen molar-refractivity contribution in [2.45, 2.75) is 25.9 Å². The second-order valence-corrected chi connectivity index (χ2v) is 6.92. The van der Waals surface area contributed by atoms with E-state index in [9.17, 15) is 14.9 Å². The molecule has 0 saturated heterocycles. The molecule has 26 heavy (non-hydrogen) atoms. The van der Waals surface area contributed by atoms with Gasteiger partial charge in [-0.3, -0.25) is 20.2 Å². The second-order valence-electron chi connectivity index (χ2n) is 5.69. The molecule has 2 atom stereocenters. The topological polar surface area (TPSA) is 84.3 Å². The molecule has 0 radical (unpaired) electrons. The average molecular weight is 417 g/mol. The molecule has 0 fully saturated rings. The number of anilines is 1. The predicted molar refractivity (Wildman–Crippen MR) is 104 cm³/mol. The lowest BCUT2D eigenvalue weighted by molar-refractivity contribution is -0.384. The summed E-state index contributed by atoms with van der Waals surface area (Å²) < 4.78 is 0. The third-order valence-corrected chi connectivity index (χ3v) is 4.82. The minimum atomic E-state index is -0.588. The lowest BCUT2D eigenvalue weighted by Crippen LogP contribution is -2.39. The zero-order chi connectivity index (χ0) is 19.4. The molecule has 2 N–H and O–H groups in total. The number of rotatable bonds is 6. The molecular weight excluding hydrogens is 401 g/mol. The zero-order valence-corrected chi connectivity index (χ0v) is 16.2. The maximum atomic E-state index is 12.4. The first kappa shape index (κ1) is 20.5. The fourth-order valence-corrected chi connectivity index (χ4v) is 2.76. The highest BCUT2D eigenvalue weighted by molar-refractivity contribution is 6.42. The Labute approximate surface area is 165 Å². The zero-order valence-electron chi connectivity index (χ0n) is 13.9. The SMILES string of the molecule is C[C@H](N[C@H](C)C(=O)Nc1cc([N+](=O)[O-])ccc1Cl)c1ccc(Cl)c(Cl)c1. The third-order valence-electron chi connectivity index (χ3n) is 3.76. The van der Waals surface area contributed by atoms with Crippen molar-refractivity contribution in [2.75, 3.05) is 5.32 Å². The van der Waals surface area contributed by atoms with Crippen LogP contribution < -0.4 is 10.6 Å². The molecule has 2 rings (SSSR count). The minimum Gasteiger partial charge on any atom is -0.323 e. The van der Waals surface area contributed by atoms with Crippen molar-refractivity contribution in [1.82, 2.24) is 5.32 Å². The summed E-state index contributed by atoms with van der Waals surface area (Å²) in [5.41, 5.74) is 0.892. The van der Waals surface area contributed by atoms with Gasteiger partial charge in [0, 0.05) is 18.2 Å². The van der Waals surface area contributed by atoms with E-state index in [0.717, 1.165) is 5.56 Å². The molecule has 1 amide bonds. The number of halogens is 3. The molecule has 0 unspecified atom stereocenters. The maximum absolute atomic E-state index is 12.4. The summed E-state index contributed by atoms with van der Waals surface area (Å²) in [6.45, 7) is 3.55. The molecule has 6 nitrogen and oxygen atoms in total. The molecule has 0 heterocycles. The number of carbonyl (C=O) groups excluding carboxylic acids is 1. The van der Waals surface area contributed by atoms with E-state index >= 15 is 0 Å². The highest BCUT2D eigenvalue weighted by atomic mass is 35.5. The Morgan fingerprint density at radius 3 is 2.31 bits per heavy atom. The Kier molecular flexibility index (Phi) is 6.83. The van der Waals surface area contributed by atoms with Crippen LogP contribution in [0.2, 0.25) is 15.1 Å². The molecule has 0 saturated carbocycles. The van der Waals surface area contributed by atoms with E-state index < -0.39 is 11.0 Å². The average Bonchev–Trinajstić information content (AvgIpc) is 2.58. The molecule has 0 bridgehead atoms. The smallest absolute Gasteiger partial charge is 0.271 e. The fraction of sp³-hybridized carbons (Fsp3) is 0.235. The van der Waals surface area contributed by atoms with E-state index in [1.165, 1.54) is 18.2 Å². The Balaban J connectivity index is 2.06. The van der Waals surface area contributed by atoms with Crippen molar-refractivity contribution in [3.63, 3.8) is 0 Å². The first-order chi connectivity index (χ1) is 12.2. The highest BCUT2D eigenvalue weighted by Gasteiger charge is 2.19. The molecule has 0 aliphatic heterocycles. The van der Waals surface area contributed by atoms with E-state index in [1.54, 1.807) is 19.1 Å². The van der Waals surface area contributed by atoms with Crippen molar-refractivity contribution in [3.05, 3.63) is 67.1 Å². The summed E-state index contributed by atoms with van der Waals surface area (Å²) in [7, 11) is 0. The summed E-state index contributed by atoms with van der Waals surface area (Å²) >= 11 is 17.9. The molecule has 0 spiro atoms. The molecule has 2 aromatic carbocycles. The number of amides is 1. The molecule has 138 valence electrons. The van der Waals surface area contributed by atoms with Crippen LogP contribution in [-0.4, -0.2) is 16.9 Å². The van der Waals surface area contributed by atoms with Crippen LogP contribution >= 0.6 is 34.8 Å². The van der Waals surface area contributed by atoms with Crippen LogP contribution in [0.5, 0.6) is 0 Å². The number of nitro groups is 1. The van der Waals surface area contributed by atoms with Crippen LogP contribution in [0.25, 0.3) is 0 Å². The first-order valence-electron chi connectivity index (χ1n) is 7.65. The quantitative estimate of drug-likeness (QED) is 0.498. The number of nitro benzene ring substituents is 1. The Bertz CT molecular complexity index is 845. The van der Waals surface area contributed by atoms with Gasteiger partial charge < -0.3 is 5.32 Å². The minimum absolute atomic E-state index is 0.158. The highest BCUT2D eigenvalue weighted by Crippen LogP contribution is 2.28. The standard InChI is InChI=1S/C17H16Cl3N3O3/c1-9(11-3-5-13(18)15(20)7-11)21-10(2)17(24)22-16-8-12(23(25)26)4-6-14(16)19/h3-10,21H,1-2H3,(H,22,24)/t9-,10+/m0/s1. The van der Waals surface area contributed by atoms with Crippen LogP contribution in [0, 0.1) is 10.1 Å². The van der Waals surface area contributed by atoms with E-state index in [1.807, 2.05) is 13.0 Å². The number of nitrogens with zero attached hydrogens (tertiary/aromatic N) is 1. The fourth-order valence-electron chi connectivity index (χ4n) is 2.29. The van der Waals surface area contributed by atoms with Crippen LogP contribution in [0.15, 0.2) is 36.4 Å². The molecule has 9 heteroatoms. The van der Waals surface area contributed by atoms with Gasteiger partial charge in [-0.05, 0) is 37.6 Å². The van der Waals surface area contributed by atoms with Gasteiger partial charge in [0.15, 0.2) is 0 Å². The van der Waals surface area contributed by atoms with Crippen LogP contribution in [0.1, 0.15) is 25.5 Å². The number of hydrogen-bond donors (Lipinski definition) is 2. The Hall–Kier alpha value is -1.86. The van der Waals surface area contributed by atoms with Gasteiger partial charge in [0.1, 0.15) is 0 Å². The van der Waals surface area contributed by atoms with Crippen molar-refractivity contribution >= 4 is 52.1 Å². The Morgan fingerprint density at radius 1 is 1.04 bits per heavy atom. The molecule has 0 aromatic heterocycles. The van der Waals surface area contributed by atoms with Crippen LogP contribution in [0.4, 0.5) is 11.4 Å². The van der Waals surface area contributed by atoms with Gasteiger partial charge in [0.25, 0.3) is 5.69 Å². The summed E-state index contributed by atoms with van der Waals surface area (Å²) in [5, 5.41) is 17.7. The van der Waals surface area contributed by atoms with Crippen molar-refractivity contribution in [1.29, 1.82) is 0 Å². The van der Waals surface area contributed by atoms with Crippen LogP contribution in [0.3, 0.4) is 0 Å². The number of nitrogens with one attached hydrogen (secondary N) is 2. The van der Waals surface area contributed by atoms with Gasteiger partial charge in [-0.25, -0.2) is 0 Å². The molecule has 0 aliphatic rings. The molecule has 2 aromatic rings. The third kappa shape index (κ3) is 5.08. The van der Waals surface area contributed by atoms with Crippen molar-refractivity contribution in [3.8, 4) is 0 Å². The lowest BCUT2D eigenvalue weighted by atomic mass is 10.1. The number of carbonyl (C=O) groups is 1. The number of non-ortho nitro benzene ring substituents is 1. The maximum Gasteiger partial charge on any atom is 0.271 e. The first-order valence-corrected chi connectivity index (χ1v) is 8.78. The summed E-state index contributed by atoms with van der Waals surface area (Å²) in [4.78, 5) is 22.7. The summed E-state index contributed by atoms with van der Waals surface area (Å²) in [6, 6.07) is 8.32. The molecular formula is C17H16Cl3N3O3. The van der Waals surface area contributed by atoms with Crippen LogP contribution in [-0.2, 0) is 4.79 Å². The van der Waals surface area contributed by atoms with Gasteiger partial charge in [-0.15, -0.1) is 0 Å². The van der Waals surface area contributed by atoms with Crippen molar-refractivity contribution < 1.29 is 9.72 Å². The van der Waals surface area contributed by atoms with Gasteiger partial charge in [0.2, 0.25) is 5.91 Å². The normalized spacial score (nSPS) is 13.1. The summed E-state index contributed by atoms with van der Waals surface area (Å²) in [6.07, 6.45) is 0. The number of benzene rings is 2. The van der Waals surface area contributed by atoms with E-state index in [0.29, 0.717) is 10.0 Å². The van der Waals surface area contributed by atoms with E-state index in [2.05, 4.69) is 10.6 Å². The summed E-state index contributed by atoms with van der Waals surface area (Å²) in [5.74, 6) is -0.376. The predicted octanol–water partition coefficient (Wildman–Crippen LogP) is 5.23. The second kappa shape index (κ2) is 8.68. The van der Waals surface area contributed by atoms with Gasteiger partial charge in [0.05, 0.1) is 31.7 Å².